The molecule has 0 amide bonds. The Balaban J connectivity index is 2.45. The molecule has 0 radical (unpaired) electrons. The van der Waals surface area contributed by atoms with Crippen LogP contribution in [-0.4, -0.2) is 18.2 Å². The van der Waals surface area contributed by atoms with Crippen LogP contribution >= 0.6 is 11.6 Å². The first kappa shape index (κ1) is 17.6. The van der Waals surface area contributed by atoms with Crippen molar-refractivity contribution in [1.82, 2.24) is 0 Å². The van der Waals surface area contributed by atoms with Crippen LogP contribution < -0.4 is 0 Å². The molecule has 3 atom stereocenters. The molecule has 5 heteroatoms. The van der Waals surface area contributed by atoms with Crippen LogP contribution in [0.4, 0.5) is 0 Å². The minimum Gasteiger partial charge on any atom is -0.425 e. The van der Waals surface area contributed by atoms with Gasteiger partial charge in [-0.3, -0.25) is 4.79 Å². The van der Waals surface area contributed by atoms with Crippen molar-refractivity contribution in [1.29, 1.82) is 0 Å². The van der Waals surface area contributed by atoms with Crippen LogP contribution in [0, 0.1) is 28.6 Å². The Morgan fingerprint density at radius 1 is 1.38 bits per heavy atom. The van der Waals surface area contributed by atoms with Gasteiger partial charge >= 0.3 is 11.9 Å². The molecule has 1 aliphatic rings. The molecular formula is C16H21ClO4. The molecule has 0 bridgehead atoms. The Labute approximate surface area is 130 Å². The van der Waals surface area contributed by atoms with Gasteiger partial charge in [-0.05, 0) is 23.4 Å². The summed E-state index contributed by atoms with van der Waals surface area (Å²) >= 11 is 5.38. The van der Waals surface area contributed by atoms with E-state index in [0.717, 1.165) is 12.8 Å². The van der Waals surface area contributed by atoms with Crippen LogP contribution in [0.5, 0.6) is 0 Å². The first-order valence-corrected chi connectivity index (χ1v) is 7.41. The summed E-state index contributed by atoms with van der Waals surface area (Å²) in [5, 5.41) is 2.30. The van der Waals surface area contributed by atoms with E-state index in [1.165, 1.54) is 13.0 Å². The minimum atomic E-state index is -0.919. The molecule has 0 aromatic rings. The summed E-state index contributed by atoms with van der Waals surface area (Å²) in [5.41, 5.74) is -0.260. The van der Waals surface area contributed by atoms with Crippen molar-refractivity contribution in [3.05, 3.63) is 12.2 Å². The van der Waals surface area contributed by atoms with E-state index in [4.69, 9.17) is 21.1 Å². The number of carbonyl (C=O) groups is 2. The Morgan fingerprint density at radius 2 is 2.05 bits per heavy atom. The maximum Gasteiger partial charge on any atom is 0.333 e. The van der Waals surface area contributed by atoms with E-state index < -0.39 is 18.2 Å². The molecule has 0 heterocycles. The fourth-order valence-corrected chi connectivity index (χ4v) is 2.33. The first-order valence-electron chi connectivity index (χ1n) is 7.03. The van der Waals surface area contributed by atoms with Gasteiger partial charge in [0.05, 0.1) is 5.92 Å². The lowest BCUT2D eigenvalue weighted by Crippen LogP contribution is -2.23. The van der Waals surface area contributed by atoms with Gasteiger partial charge in [0.2, 0.25) is 6.29 Å². The van der Waals surface area contributed by atoms with Crippen molar-refractivity contribution in [2.45, 2.75) is 46.8 Å². The van der Waals surface area contributed by atoms with Gasteiger partial charge < -0.3 is 9.47 Å². The molecule has 1 aliphatic carbocycles. The number of rotatable bonds is 6. The maximum atomic E-state index is 12.0. The average molecular weight is 313 g/mol. The molecule has 0 aliphatic heterocycles. The van der Waals surface area contributed by atoms with Gasteiger partial charge in [0.1, 0.15) is 0 Å². The Bertz CT molecular complexity index is 484. The number of hydrogen-bond acceptors (Lipinski definition) is 4. The molecule has 4 nitrogen and oxygen atoms in total. The minimum absolute atomic E-state index is 0.116. The number of esters is 2. The van der Waals surface area contributed by atoms with Crippen LogP contribution in [0.3, 0.4) is 0 Å². The smallest absolute Gasteiger partial charge is 0.333 e. The van der Waals surface area contributed by atoms with E-state index >= 15 is 0 Å². The van der Waals surface area contributed by atoms with Crippen LogP contribution in [-0.2, 0) is 19.1 Å². The summed E-state index contributed by atoms with van der Waals surface area (Å²) in [7, 11) is 0. The molecule has 0 spiro atoms. The zero-order valence-corrected chi connectivity index (χ0v) is 13.6. The summed E-state index contributed by atoms with van der Waals surface area (Å²) in [6, 6.07) is 0. The molecule has 116 valence electrons. The second kappa shape index (κ2) is 7.51. The molecule has 1 rings (SSSR count). The molecule has 0 saturated heterocycles. The monoisotopic (exact) mass is 312 g/mol. The Kier molecular flexibility index (Phi) is 6.29. The van der Waals surface area contributed by atoms with Crippen LogP contribution in [0.25, 0.3) is 0 Å². The molecule has 0 aromatic heterocycles. The quantitative estimate of drug-likeness (QED) is 0.327. The number of carbonyl (C=O) groups excluding carboxylic acids is 2. The van der Waals surface area contributed by atoms with E-state index in [9.17, 15) is 9.59 Å². The predicted molar refractivity (Wildman–Crippen MR) is 80.1 cm³/mol. The number of hydrogen-bond donors (Lipinski definition) is 0. The van der Waals surface area contributed by atoms with Gasteiger partial charge in [-0.15, -0.1) is 0 Å². The number of allylic oxidation sites excluding steroid dienone is 1. The lowest BCUT2D eigenvalue weighted by Gasteiger charge is -2.13. The summed E-state index contributed by atoms with van der Waals surface area (Å²) in [6.45, 7) is 7.38. The zero-order valence-electron chi connectivity index (χ0n) is 12.8. The average Bonchev–Trinajstić information content (AvgIpc) is 2.91. The fourth-order valence-electron chi connectivity index (χ4n) is 2.22. The van der Waals surface area contributed by atoms with Gasteiger partial charge in [-0.2, -0.15) is 0 Å². The maximum absolute atomic E-state index is 12.0. The van der Waals surface area contributed by atoms with Crippen molar-refractivity contribution in [2.24, 2.45) is 17.3 Å². The normalized spacial score (nSPS) is 23.9. The number of halogens is 1. The Hall–Kier alpha value is -1.47. The number of ether oxygens (including phenoxy) is 2. The molecular weight excluding hydrogens is 292 g/mol. The summed E-state index contributed by atoms with van der Waals surface area (Å²) in [6.07, 6.45) is 3.91. The molecule has 21 heavy (non-hydrogen) atoms. The largest absolute Gasteiger partial charge is 0.425 e. The van der Waals surface area contributed by atoms with E-state index in [1.54, 1.807) is 6.08 Å². The van der Waals surface area contributed by atoms with E-state index in [-0.39, 0.29) is 17.3 Å². The molecule has 0 N–H and O–H groups in total. The molecule has 1 fully saturated rings. The van der Waals surface area contributed by atoms with E-state index in [2.05, 4.69) is 11.3 Å². The lowest BCUT2D eigenvalue weighted by molar-refractivity contribution is -0.182. The third-order valence-corrected chi connectivity index (χ3v) is 3.67. The summed E-state index contributed by atoms with van der Waals surface area (Å²) in [4.78, 5) is 23.5. The van der Waals surface area contributed by atoms with Crippen LogP contribution in [0.1, 0.15) is 40.5 Å². The third-order valence-electron chi connectivity index (χ3n) is 3.56. The third kappa shape index (κ3) is 4.78. The van der Waals surface area contributed by atoms with Crippen LogP contribution in [0.2, 0.25) is 0 Å². The lowest BCUT2D eigenvalue weighted by atomic mass is 10.1. The number of unbranched alkanes of at least 4 members (excludes halogenated alkanes) is 1. The highest BCUT2D eigenvalue weighted by Crippen LogP contribution is 2.58. The summed E-state index contributed by atoms with van der Waals surface area (Å²) in [5.74, 6) is 1.40. The van der Waals surface area contributed by atoms with Crippen molar-refractivity contribution in [3.63, 3.8) is 0 Å². The SMILES string of the molecule is CCCC=CC(=O)OC(C)OC(=O)C1C(C#CCl)C1(C)C. The van der Waals surface area contributed by atoms with E-state index in [0.29, 0.717) is 0 Å². The van der Waals surface area contributed by atoms with E-state index in [1.807, 2.05) is 20.8 Å². The van der Waals surface area contributed by atoms with Crippen molar-refractivity contribution < 1.29 is 19.1 Å². The molecule has 1 saturated carbocycles. The summed E-state index contributed by atoms with van der Waals surface area (Å²) < 4.78 is 10.1. The second-order valence-electron chi connectivity index (χ2n) is 5.65. The van der Waals surface area contributed by atoms with Crippen LogP contribution in [0.15, 0.2) is 12.2 Å². The van der Waals surface area contributed by atoms with Gasteiger partial charge in [-0.1, -0.05) is 39.2 Å². The highest BCUT2D eigenvalue weighted by Gasteiger charge is 2.62. The van der Waals surface area contributed by atoms with Gasteiger partial charge in [0, 0.05) is 24.3 Å². The molecule has 3 unspecified atom stereocenters. The zero-order chi connectivity index (χ0) is 16.0. The topological polar surface area (TPSA) is 52.6 Å². The van der Waals surface area contributed by atoms with Crippen molar-refractivity contribution >= 4 is 23.5 Å². The second-order valence-corrected chi connectivity index (χ2v) is 5.84. The highest BCUT2D eigenvalue weighted by molar-refractivity contribution is 6.30. The standard InChI is InChI=1S/C16H21ClO4/c1-5-6-7-8-13(18)20-11(2)21-15(19)14-12(9-10-17)16(14,3)4/h7-8,11-12,14H,5-6H2,1-4H3. The molecule has 0 aromatic carbocycles. The van der Waals surface area contributed by atoms with Gasteiger partial charge in [0.25, 0.3) is 0 Å². The first-order chi connectivity index (χ1) is 9.84. The van der Waals surface area contributed by atoms with Gasteiger partial charge in [-0.25, -0.2) is 4.79 Å². The predicted octanol–water partition coefficient (Wildman–Crippen LogP) is 3.25. The fraction of sp³-hybridized carbons (Fsp3) is 0.625. The van der Waals surface area contributed by atoms with Crippen molar-refractivity contribution in [2.75, 3.05) is 0 Å². The van der Waals surface area contributed by atoms with Crippen molar-refractivity contribution in [3.8, 4) is 11.3 Å². The highest BCUT2D eigenvalue weighted by atomic mass is 35.5. The Morgan fingerprint density at radius 3 is 2.62 bits per heavy atom. The van der Waals surface area contributed by atoms with Gasteiger partial charge in [0.15, 0.2) is 0 Å².